The van der Waals surface area contributed by atoms with Crippen LogP contribution in [0.2, 0.25) is 0 Å². The van der Waals surface area contributed by atoms with E-state index in [0.717, 1.165) is 12.8 Å². The van der Waals surface area contributed by atoms with Gasteiger partial charge in [-0.3, -0.25) is 14.4 Å². The average molecular weight is 517 g/mol. The van der Waals surface area contributed by atoms with E-state index in [1.807, 2.05) is 20.8 Å². The lowest BCUT2D eigenvalue weighted by atomic mass is 9.85. The van der Waals surface area contributed by atoms with Crippen LogP contribution in [0.5, 0.6) is 0 Å². The molecule has 2 aliphatic heterocycles. The molecule has 2 saturated heterocycles. The second-order valence-electron chi connectivity index (χ2n) is 12.6. The Morgan fingerprint density at radius 1 is 1.25 bits per heavy atom. The molecular weight excluding hydrogens is 476 g/mol. The SMILES string of the molecule is CC(C)(C)[C@H](NC(=S)NC1CCC1)C(=O)N1C[C@H]2[C@@H]([C@H]1C(=O)N[C@H](C#N)C[C@@H]1CCNC1=O)C2(C)C. The van der Waals surface area contributed by atoms with E-state index < -0.39 is 23.5 Å². The zero-order valence-corrected chi connectivity index (χ0v) is 22.8. The number of carbonyl (C=O) groups excluding carboxylic acids is 3. The number of rotatable bonds is 7. The van der Waals surface area contributed by atoms with Crippen LogP contribution in [0.15, 0.2) is 0 Å². The summed E-state index contributed by atoms with van der Waals surface area (Å²) in [5.41, 5.74) is -0.477. The summed E-state index contributed by atoms with van der Waals surface area (Å²) in [7, 11) is 0. The third-order valence-corrected chi connectivity index (χ3v) is 8.98. The number of amides is 3. The third kappa shape index (κ3) is 5.17. The van der Waals surface area contributed by atoms with Crippen molar-refractivity contribution in [3.8, 4) is 6.07 Å². The van der Waals surface area contributed by atoms with Crippen molar-refractivity contribution >= 4 is 35.1 Å². The Morgan fingerprint density at radius 2 is 1.94 bits per heavy atom. The molecule has 198 valence electrons. The average Bonchev–Trinajstić information content (AvgIpc) is 3.12. The van der Waals surface area contributed by atoms with Crippen LogP contribution in [0.3, 0.4) is 0 Å². The summed E-state index contributed by atoms with van der Waals surface area (Å²) in [5, 5.41) is 22.4. The second-order valence-corrected chi connectivity index (χ2v) is 13.0. The van der Waals surface area contributed by atoms with Gasteiger partial charge in [0, 0.05) is 25.0 Å². The molecule has 3 amide bonds. The summed E-state index contributed by atoms with van der Waals surface area (Å²) in [6.45, 7) is 11.3. The Labute approximate surface area is 219 Å². The molecule has 0 unspecified atom stereocenters. The fourth-order valence-electron chi connectivity index (χ4n) is 6.09. The van der Waals surface area contributed by atoms with Crippen molar-refractivity contribution < 1.29 is 14.4 Å². The second kappa shape index (κ2) is 9.81. The first-order chi connectivity index (χ1) is 16.8. The Bertz CT molecular complexity index is 966. The zero-order chi connectivity index (χ0) is 26.4. The minimum absolute atomic E-state index is 0.0382. The lowest BCUT2D eigenvalue weighted by Crippen LogP contribution is -2.61. The molecule has 10 heteroatoms. The summed E-state index contributed by atoms with van der Waals surface area (Å²) < 4.78 is 0. The van der Waals surface area contributed by atoms with Crippen molar-refractivity contribution in [2.24, 2.45) is 28.6 Å². The van der Waals surface area contributed by atoms with Gasteiger partial charge in [-0.2, -0.15) is 5.26 Å². The van der Waals surface area contributed by atoms with Crippen LogP contribution in [0.4, 0.5) is 0 Å². The molecule has 0 aromatic heterocycles. The van der Waals surface area contributed by atoms with Gasteiger partial charge in [0.15, 0.2) is 5.11 Å². The van der Waals surface area contributed by atoms with Crippen molar-refractivity contribution in [3.05, 3.63) is 0 Å². The third-order valence-electron chi connectivity index (χ3n) is 8.74. The first kappa shape index (κ1) is 26.6. The van der Waals surface area contributed by atoms with Crippen LogP contribution in [-0.4, -0.2) is 65.0 Å². The van der Waals surface area contributed by atoms with Crippen LogP contribution in [-0.2, 0) is 14.4 Å². The number of thiocarbonyl (C=S) groups is 1. The fraction of sp³-hybridized carbons (Fsp3) is 0.808. The standard InChI is InChI=1S/C26H40N6O3S/c1-25(2,3)20(31-24(36)30-15-7-6-8-15)23(35)32-13-17-18(26(17,4)5)19(32)22(34)29-16(12-27)11-14-9-10-28-21(14)33/h14-20H,6-11,13H2,1-5H3,(H,28,33)(H,29,34)(H2,30,31,36)/t14-,16-,17-,18-,19-,20+/m0/s1. The van der Waals surface area contributed by atoms with Crippen LogP contribution in [0.25, 0.3) is 0 Å². The number of fused-ring (bicyclic) bond motifs is 1. The van der Waals surface area contributed by atoms with Crippen LogP contribution in [0, 0.1) is 39.9 Å². The lowest BCUT2D eigenvalue weighted by Gasteiger charge is -2.39. The number of carbonyl (C=O) groups is 3. The molecule has 6 atom stereocenters. The number of hydrogen-bond acceptors (Lipinski definition) is 5. The Morgan fingerprint density at radius 3 is 2.47 bits per heavy atom. The number of piperidine rings is 1. The van der Waals surface area contributed by atoms with Gasteiger partial charge >= 0.3 is 0 Å². The number of nitrogens with one attached hydrogen (secondary N) is 4. The summed E-state index contributed by atoms with van der Waals surface area (Å²) in [6.07, 6.45) is 4.27. The van der Waals surface area contributed by atoms with Crippen molar-refractivity contribution in [1.82, 2.24) is 26.2 Å². The molecule has 4 aliphatic rings. The fourth-order valence-corrected chi connectivity index (χ4v) is 6.38. The number of hydrogen-bond donors (Lipinski definition) is 4. The monoisotopic (exact) mass is 516 g/mol. The Balaban J connectivity index is 1.48. The van der Waals surface area contributed by atoms with E-state index in [1.54, 1.807) is 4.90 Å². The molecule has 2 heterocycles. The number of nitriles is 1. The molecule has 4 fully saturated rings. The van der Waals surface area contributed by atoms with Gasteiger partial charge in [-0.25, -0.2) is 0 Å². The van der Waals surface area contributed by atoms with E-state index in [0.29, 0.717) is 30.7 Å². The van der Waals surface area contributed by atoms with Crippen LogP contribution >= 0.6 is 12.2 Å². The molecular formula is C26H40N6O3S. The molecule has 0 radical (unpaired) electrons. The highest BCUT2D eigenvalue weighted by Crippen LogP contribution is 2.65. The van der Waals surface area contributed by atoms with Gasteiger partial charge in [-0.1, -0.05) is 34.6 Å². The maximum absolute atomic E-state index is 13.9. The van der Waals surface area contributed by atoms with E-state index in [4.69, 9.17) is 12.2 Å². The topological polar surface area (TPSA) is 126 Å². The quantitative estimate of drug-likeness (QED) is 0.377. The van der Waals surface area contributed by atoms with Gasteiger partial charge in [-0.05, 0) is 67.0 Å². The predicted molar refractivity (Wildman–Crippen MR) is 139 cm³/mol. The highest BCUT2D eigenvalue weighted by molar-refractivity contribution is 7.80. The van der Waals surface area contributed by atoms with Crippen molar-refractivity contribution in [3.63, 3.8) is 0 Å². The van der Waals surface area contributed by atoms with Gasteiger partial charge in [-0.15, -0.1) is 0 Å². The maximum atomic E-state index is 13.9. The molecule has 0 spiro atoms. The predicted octanol–water partition coefficient (Wildman–Crippen LogP) is 1.44. The molecule has 2 aliphatic carbocycles. The first-order valence-corrected chi connectivity index (χ1v) is 13.6. The zero-order valence-electron chi connectivity index (χ0n) is 22.0. The summed E-state index contributed by atoms with van der Waals surface area (Å²) >= 11 is 5.53. The van der Waals surface area contributed by atoms with Crippen molar-refractivity contribution in [2.75, 3.05) is 13.1 Å². The minimum Gasteiger partial charge on any atom is -0.360 e. The molecule has 9 nitrogen and oxygen atoms in total. The summed E-state index contributed by atoms with van der Waals surface area (Å²) in [4.78, 5) is 41.2. The van der Waals surface area contributed by atoms with E-state index in [2.05, 4.69) is 41.2 Å². The van der Waals surface area contributed by atoms with Gasteiger partial charge in [0.1, 0.15) is 18.1 Å². The van der Waals surface area contributed by atoms with Crippen LogP contribution < -0.4 is 21.3 Å². The summed E-state index contributed by atoms with van der Waals surface area (Å²) in [5.74, 6) is -0.535. The largest absolute Gasteiger partial charge is 0.360 e. The van der Waals surface area contributed by atoms with Gasteiger partial charge in [0.05, 0.1) is 6.07 Å². The number of likely N-dealkylation sites (tertiary alicyclic amines) is 1. The molecule has 2 saturated carbocycles. The van der Waals surface area contributed by atoms with E-state index in [9.17, 15) is 19.6 Å². The minimum atomic E-state index is -0.778. The van der Waals surface area contributed by atoms with Gasteiger partial charge in [0.25, 0.3) is 0 Å². The molecule has 0 bridgehead atoms. The molecule has 0 aromatic rings. The van der Waals surface area contributed by atoms with E-state index in [1.165, 1.54) is 6.42 Å². The smallest absolute Gasteiger partial charge is 0.246 e. The Kier molecular flexibility index (Phi) is 7.26. The van der Waals surface area contributed by atoms with Gasteiger partial charge in [0.2, 0.25) is 17.7 Å². The molecule has 4 rings (SSSR count). The van der Waals surface area contributed by atoms with E-state index in [-0.39, 0.29) is 47.3 Å². The lowest BCUT2D eigenvalue weighted by molar-refractivity contribution is -0.143. The molecule has 4 N–H and O–H groups in total. The van der Waals surface area contributed by atoms with E-state index >= 15 is 0 Å². The highest BCUT2D eigenvalue weighted by Gasteiger charge is 2.69. The Hall–Kier alpha value is -2.41. The summed E-state index contributed by atoms with van der Waals surface area (Å²) in [6, 6.07) is 0.477. The van der Waals surface area contributed by atoms with Crippen molar-refractivity contribution in [2.45, 2.75) is 90.9 Å². The van der Waals surface area contributed by atoms with Crippen LogP contribution in [0.1, 0.15) is 66.7 Å². The normalized spacial score (nSPS) is 30.2. The van der Waals surface area contributed by atoms with Crippen molar-refractivity contribution in [1.29, 1.82) is 5.26 Å². The maximum Gasteiger partial charge on any atom is 0.246 e. The first-order valence-electron chi connectivity index (χ1n) is 13.2. The molecule has 36 heavy (non-hydrogen) atoms. The molecule has 0 aromatic carbocycles. The van der Waals surface area contributed by atoms with Gasteiger partial charge < -0.3 is 26.2 Å². The highest BCUT2D eigenvalue weighted by atomic mass is 32.1. The number of nitrogens with zero attached hydrogens (tertiary/aromatic N) is 2.